The molecule has 1 rings (SSSR count). The molecule has 0 saturated heterocycles. The first kappa shape index (κ1) is 8.16. The van der Waals surface area contributed by atoms with Gasteiger partial charge in [-0.2, -0.15) is 0 Å². The molecule has 0 aliphatic heterocycles. The minimum absolute atomic E-state index is 0.378. The summed E-state index contributed by atoms with van der Waals surface area (Å²) in [5, 5.41) is 7.23. The Morgan fingerprint density at radius 1 is 1.55 bits per heavy atom. The van der Waals surface area contributed by atoms with Crippen LogP contribution in [0.3, 0.4) is 0 Å². The molecule has 0 fully saturated rings. The summed E-state index contributed by atoms with van der Waals surface area (Å²) >= 11 is 0. The third-order valence-corrected chi connectivity index (χ3v) is 1.07. The highest BCUT2D eigenvalue weighted by molar-refractivity contribution is 4.57. The van der Waals surface area contributed by atoms with Crippen LogP contribution in [0.1, 0.15) is 0 Å². The maximum Gasteiger partial charge on any atom is 0.141 e. The van der Waals surface area contributed by atoms with E-state index in [1.54, 1.807) is 7.11 Å². The third kappa shape index (κ3) is 3.10. The van der Waals surface area contributed by atoms with Crippen LogP contribution < -0.4 is 0 Å². The molecule has 0 atom stereocenters. The topological polar surface area (TPSA) is 49.2 Å². The molecule has 1 radical (unpaired) electrons. The van der Waals surface area contributed by atoms with Crippen molar-refractivity contribution < 1.29 is 9.47 Å². The van der Waals surface area contributed by atoms with Gasteiger partial charge in [0, 0.05) is 7.11 Å². The average molecular weight is 156 g/mol. The third-order valence-electron chi connectivity index (χ3n) is 1.07. The zero-order valence-electron chi connectivity index (χ0n) is 6.36. The fraction of sp³-hybridized carbons (Fsp3) is 0.667. The van der Waals surface area contributed by atoms with Gasteiger partial charge in [0.2, 0.25) is 0 Å². The number of aromatic nitrogens is 3. The van der Waals surface area contributed by atoms with E-state index in [1.807, 2.05) is 0 Å². The predicted molar refractivity (Wildman–Crippen MR) is 36.7 cm³/mol. The summed E-state index contributed by atoms with van der Waals surface area (Å²) < 4.78 is 11.4. The standard InChI is InChI=1S/C6H10N3O2/c1-10-4-5-11-6-9-3-2-7-8-9/h2H,4-6H2,1H3. The highest BCUT2D eigenvalue weighted by Crippen LogP contribution is 1.82. The first-order valence-corrected chi connectivity index (χ1v) is 3.26. The van der Waals surface area contributed by atoms with E-state index in [2.05, 4.69) is 16.5 Å². The summed E-state index contributed by atoms with van der Waals surface area (Å²) in [6.45, 7) is 1.53. The van der Waals surface area contributed by atoms with E-state index in [0.29, 0.717) is 19.9 Å². The molecule has 1 aromatic heterocycles. The van der Waals surface area contributed by atoms with Gasteiger partial charge in [0.15, 0.2) is 0 Å². The Morgan fingerprint density at radius 3 is 3.09 bits per heavy atom. The Kier molecular flexibility index (Phi) is 3.57. The van der Waals surface area contributed by atoms with Gasteiger partial charge in [0.05, 0.1) is 19.4 Å². The van der Waals surface area contributed by atoms with Crippen molar-refractivity contribution in [3.63, 3.8) is 0 Å². The van der Waals surface area contributed by atoms with E-state index in [9.17, 15) is 0 Å². The van der Waals surface area contributed by atoms with Crippen LogP contribution in [0.2, 0.25) is 0 Å². The van der Waals surface area contributed by atoms with Crippen LogP contribution in [0, 0.1) is 6.20 Å². The first-order chi connectivity index (χ1) is 5.43. The molecule has 0 saturated carbocycles. The molecule has 11 heavy (non-hydrogen) atoms. The Labute approximate surface area is 64.9 Å². The zero-order valence-corrected chi connectivity index (χ0v) is 6.36. The number of hydrogen-bond donors (Lipinski definition) is 0. The minimum Gasteiger partial charge on any atom is -0.382 e. The lowest BCUT2D eigenvalue weighted by Gasteiger charge is -2.00. The molecule has 5 nitrogen and oxygen atoms in total. The van der Waals surface area contributed by atoms with Crippen molar-refractivity contribution in [2.75, 3.05) is 20.3 Å². The first-order valence-electron chi connectivity index (χ1n) is 3.26. The highest BCUT2D eigenvalue weighted by atomic mass is 16.5. The molecule has 5 heteroatoms. The largest absolute Gasteiger partial charge is 0.382 e. The van der Waals surface area contributed by atoms with Crippen LogP contribution in [0.15, 0.2) is 6.20 Å². The Bertz CT molecular complexity index is 176. The number of nitrogens with zero attached hydrogens (tertiary/aromatic N) is 3. The van der Waals surface area contributed by atoms with Crippen LogP contribution in [-0.2, 0) is 16.2 Å². The summed E-state index contributed by atoms with van der Waals surface area (Å²) in [6.07, 6.45) is 4.23. The van der Waals surface area contributed by atoms with Crippen LogP contribution >= 0.6 is 0 Å². The van der Waals surface area contributed by atoms with Crippen molar-refractivity contribution >= 4 is 0 Å². The second-order valence-electron chi connectivity index (χ2n) is 1.89. The number of rotatable bonds is 5. The van der Waals surface area contributed by atoms with Gasteiger partial charge in [-0.15, -0.1) is 5.10 Å². The lowest BCUT2D eigenvalue weighted by Crippen LogP contribution is -2.07. The lowest BCUT2D eigenvalue weighted by molar-refractivity contribution is 0.0277. The van der Waals surface area contributed by atoms with Gasteiger partial charge in [0.25, 0.3) is 0 Å². The van der Waals surface area contributed by atoms with Crippen molar-refractivity contribution in [1.29, 1.82) is 0 Å². The lowest BCUT2D eigenvalue weighted by atomic mass is 10.8. The van der Waals surface area contributed by atoms with Gasteiger partial charge < -0.3 is 9.47 Å². The van der Waals surface area contributed by atoms with Crippen LogP contribution in [0.4, 0.5) is 0 Å². The summed E-state index contributed by atoms with van der Waals surface area (Å²) in [6, 6.07) is 0. The van der Waals surface area contributed by atoms with E-state index >= 15 is 0 Å². The molecule has 61 valence electrons. The Balaban J connectivity index is 2.04. The second-order valence-corrected chi connectivity index (χ2v) is 1.89. The molecule has 0 N–H and O–H groups in total. The van der Waals surface area contributed by atoms with Gasteiger partial charge >= 0.3 is 0 Å². The Hall–Kier alpha value is -0.940. The Morgan fingerprint density at radius 2 is 2.45 bits per heavy atom. The molecule has 1 aromatic rings. The van der Waals surface area contributed by atoms with Crippen molar-refractivity contribution in [1.82, 2.24) is 15.0 Å². The van der Waals surface area contributed by atoms with Crippen LogP contribution in [-0.4, -0.2) is 35.3 Å². The summed E-state index contributed by atoms with van der Waals surface area (Å²) in [5.74, 6) is 0. The van der Waals surface area contributed by atoms with Gasteiger partial charge in [-0.25, -0.2) is 4.68 Å². The molecule has 0 aliphatic rings. The monoisotopic (exact) mass is 156 g/mol. The molecule has 0 unspecified atom stereocenters. The van der Waals surface area contributed by atoms with E-state index in [1.165, 1.54) is 10.9 Å². The molecule has 1 heterocycles. The number of ether oxygens (including phenoxy) is 2. The van der Waals surface area contributed by atoms with E-state index < -0.39 is 0 Å². The van der Waals surface area contributed by atoms with Gasteiger partial charge in [-0.05, 0) is 0 Å². The van der Waals surface area contributed by atoms with Crippen molar-refractivity contribution in [3.05, 3.63) is 12.4 Å². The fourth-order valence-corrected chi connectivity index (χ4v) is 0.563. The summed E-state index contributed by atoms with van der Waals surface area (Å²) in [4.78, 5) is 0. The average Bonchev–Trinajstić information content (AvgIpc) is 2.50. The smallest absolute Gasteiger partial charge is 0.141 e. The molecule has 0 aliphatic carbocycles. The maximum absolute atomic E-state index is 5.12. The molecule has 0 aromatic carbocycles. The fourth-order valence-electron chi connectivity index (χ4n) is 0.563. The van der Waals surface area contributed by atoms with Gasteiger partial charge in [0.1, 0.15) is 12.9 Å². The zero-order chi connectivity index (χ0) is 7.94. The normalized spacial score (nSPS) is 10.3. The number of methoxy groups -OCH3 is 1. The van der Waals surface area contributed by atoms with Crippen molar-refractivity contribution in [2.45, 2.75) is 6.73 Å². The minimum atomic E-state index is 0.378. The molecule has 0 spiro atoms. The van der Waals surface area contributed by atoms with Crippen LogP contribution in [0.5, 0.6) is 0 Å². The van der Waals surface area contributed by atoms with E-state index in [-0.39, 0.29) is 0 Å². The van der Waals surface area contributed by atoms with Gasteiger partial charge in [-0.3, -0.25) is 0 Å². The SMILES string of the molecule is COCCOCn1[c]cnn1. The molecule has 0 amide bonds. The van der Waals surface area contributed by atoms with Crippen LogP contribution in [0.25, 0.3) is 0 Å². The van der Waals surface area contributed by atoms with E-state index in [4.69, 9.17) is 9.47 Å². The molecule has 0 bridgehead atoms. The molecular formula is C6H10N3O2. The highest BCUT2D eigenvalue weighted by Gasteiger charge is 1.90. The summed E-state index contributed by atoms with van der Waals surface area (Å²) in [7, 11) is 1.63. The molecular weight excluding hydrogens is 146 g/mol. The second kappa shape index (κ2) is 4.81. The maximum atomic E-state index is 5.12. The predicted octanol–water partition coefficient (Wildman–Crippen LogP) is -0.301. The number of hydrogen-bond acceptors (Lipinski definition) is 4. The van der Waals surface area contributed by atoms with Gasteiger partial charge in [-0.1, -0.05) is 5.21 Å². The van der Waals surface area contributed by atoms with E-state index in [0.717, 1.165) is 0 Å². The quantitative estimate of drug-likeness (QED) is 0.549. The van der Waals surface area contributed by atoms with Crippen molar-refractivity contribution in [3.8, 4) is 0 Å². The summed E-state index contributed by atoms with van der Waals surface area (Å²) in [5.41, 5.74) is 0. The van der Waals surface area contributed by atoms with Crippen molar-refractivity contribution in [2.24, 2.45) is 0 Å².